The molecule has 0 heterocycles. The lowest BCUT2D eigenvalue weighted by Crippen LogP contribution is -2.39. The van der Waals surface area contributed by atoms with Crippen LogP contribution in [-0.2, 0) is 0 Å². The van der Waals surface area contributed by atoms with Crippen molar-refractivity contribution < 1.29 is 0 Å². The van der Waals surface area contributed by atoms with Gasteiger partial charge in [0.05, 0.1) is 0 Å². The van der Waals surface area contributed by atoms with Crippen molar-refractivity contribution in [1.82, 2.24) is 10.2 Å². The van der Waals surface area contributed by atoms with Gasteiger partial charge in [0.15, 0.2) is 5.96 Å². The van der Waals surface area contributed by atoms with Crippen molar-refractivity contribution in [3.8, 4) is 0 Å². The Morgan fingerprint density at radius 2 is 2.00 bits per heavy atom. The first-order chi connectivity index (χ1) is 7.76. The molecule has 0 aliphatic carbocycles. The zero-order valence-electron chi connectivity index (χ0n) is 11.7. The molecule has 0 atom stereocenters. The van der Waals surface area contributed by atoms with E-state index in [9.17, 15) is 0 Å². The second-order valence-electron chi connectivity index (χ2n) is 3.95. The number of unbranched alkanes of at least 4 members (excludes halogenated alkanes) is 2. The molecule has 0 radical (unpaired) electrons. The summed E-state index contributed by atoms with van der Waals surface area (Å²) < 4.78 is 0. The highest BCUT2D eigenvalue weighted by molar-refractivity contribution is 14.0. The number of guanidine groups is 1. The highest BCUT2D eigenvalue weighted by atomic mass is 127. The van der Waals surface area contributed by atoms with Crippen LogP contribution in [-0.4, -0.2) is 50.1 Å². The molecule has 17 heavy (non-hydrogen) atoms. The topological polar surface area (TPSA) is 27.6 Å². The van der Waals surface area contributed by atoms with Crippen LogP contribution in [0.4, 0.5) is 0 Å². The number of nitrogens with zero attached hydrogens (tertiary/aromatic N) is 2. The van der Waals surface area contributed by atoms with Gasteiger partial charge in [0.1, 0.15) is 0 Å². The quantitative estimate of drug-likeness (QED) is 0.307. The molecule has 0 rings (SSSR count). The van der Waals surface area contributed by atoms with E-state index in [4.69, 9.17) is 0 Å². The third-order valence-electron chi connectivity index (χ3n) is 2.48. The maximum atomic E-state index is 4.28. The van der Waals surface area contributed by atoms with Crippen LogP contribution in [0.5, 0.6) is 0 Å². The van der Waals surface area contributed by atoms with Crippen molar-refractivity contribution in [3.63, 3.8) is 0 Å². The number of rotatable bonds is 8. The summed E-state index contributed by atoms with van der Waals surface area (Å²) in [5.74, 6) is 2.28. The average molecular weight is 373 g/mol. The number of aliphatic imine (C=N–C) groups is 1. The molecule has 0 aromatic carbocycles. The van der Waals surface area contributed by atoms with Gasteiger partial charge in [-0.15, -0.1) is 24.0 Å². The first-order valence-corrected chi connectivity index (χ1v) is 7.56. The normalized spacial score (nSPS) is 10.9. The van der Waals surface area contributed by atoms with Crippen molar-refractivity contribution in [2.24, 2.45) is 4.99 Å². The maximum Gasteiger partial charge on any atom is 0.193 e. The lowest BCUT2D eigenvalue weighted by Gasteiger charge is -2.21. The van der Waals surface area contributed by atoms with Gasteiger partial charge >= 0.3 is 0 Å². The molecule has 5 heteroatoms. The fourth-order valence-electron chi connectivity index (χ4n) is 1.46. The smallest absolute Gasteiger partial charge is 0.193 e. The van der Waals surface area contributed by atoms with Crippen LogP contribution in [0.25, 0.3) is 0 Å². The van der Waals surface area contributed by atoms with Crippen LogP contribution in [0.1, 0.15) is 32.6 Å². The average Bonchev–Trinajstić information content (AvgIpc) is 2.31. The van der Waals surface area contributed by atoms with Crippen molar-refractivity contribution >= 4 is 41.7 Å². The lowest BCUT2D eigenvalue weighted by molar-refractivity contribution is 0.464. The molecule has 0 bridgehead atoms. The number of hydrogen-bond acceptors (Lipinski definition) is 2. The summed E-state index contributed by atoms with van der Waals surface area (Å²) in [5.41, 5.74) is 0. The Bertz CT molecular complexity index is 189. The molecule has 104 valence electrons. The number of halogens is 1. The fraction of sp³-hybridized carbons (Fsp3) is 0.917. The lowest BCUT2D eigenvalue weighted by atomic mass is 10.3. The molecular formula is C12H28IN3S. The predicted molar refractivity (Wildman–Crippen MR) is 91.9 cm³/mol. The first kappa shape index (κ1) is 19.7. The van der Waals surface area contributed by atoms with Gasteiger partial charge < -0.3 is 10.2 Å². The van der Waals surface area contributed by atoms with Gasteiger partial charge in [0.2, 0.25) is 0 Å². The Labute approximate surface area is 128 Å². The van der Waals surface area contributed by atoms with Gasteiger partial charge in [0.25, 0.3) is 0 Å². The third kappa shape index (κ3) is 11.2. The molecule has 0 saturated carbocycles. The first-order valence-electron chi connectivity index (χ1n) is 6.17. The van der Waals surface area contributed by atoms with Crippen LogP contribution in [0.15, 0.2) is 4.99 Å². The Morgan fingerprint density at radius 3 is 2.53 bits per heavy atom. The van der Waals surface area contributed by atoms with Gasteiger partial charge in [-0.05, 0) is 31.3 Å². The molecule has 0 aromatic heterocycles. The minimum absolute atomic E-state index is 0. The largest absolute Gasteiger partial charge is 0.356 e. The second-order valence-corrected chi connectivity index (χ2v) is 4.93. The molecule has 0 amide bonds. The summed E-state index contributed by atoms with van der Waals surface area (Å²) in [7, 11) is 3.96. The van der Waals surface area contributed by atoms with Crippen molar-refractivity contribution in [2.75, 3.05) is 39.2 Å². The number of nitrogens with one attached hydrogen (secondary N) is 1. The van der Waals surface area contributed by atoms with E-state index in [-0.39, 0.29) is 24.0 Å². The zero-order chi connectivity index (χ0) is 12.2. The van der Waals surface area contributed by atoms with E-state index in [1.165, 1.54) is 31.4 Å². The van der Waals surface area contributed by atoms with Crippen LogP contribution < -0.4 is 5.32 Å². The second kappa shape index (κ2) is 14.4. The molecule has 1 N–H and O–H groups in total. The zero-order valence-corrected chi connectivity index (χ0v) is 14.8. The molecule has 0 aliphatic heterocycles. The third-order valence-corrected chi connectivity index (χ3v) is 3.18. The molecule has 0 saturated heterocycles. The summed E-state index contributed by atoms with van der Waals surface area (Å²) >= 11 is 1.92. The van der Waals surface area contributed by atoms with Gasteiger partial charge in [-0.1, -0.05) is 13.3 Å². The van der Waals surface area contributed by atoms with Crippen molar-refractivity contribution in [2.45, 2.75) is 32.6 Å². The van der Waals surface area contributed by atoms with Crippen LogP contribution >= 0.6 is 35.7 Å². The summed E-state index contributed by atoms with van der Waals surface area (Å²) in [5, 5.41) is 3.40. The van der Waals surface area contributed by atoms with Crippen LogP contribution in [0, 0.1) is 0 Å². The van der Waals surface area contributed by atoms with E-state index in [1.54, 1.807) is 0 Å². The maximum absolute atomic E-state index is 4.28. The number of hydrogen-bond donors (Lipinski definition) is 1. The highest BCUT2D eigenvalue weighted by Crippen LogP contribution is 1.98. The minimum atomic E-state index is 0. The summed E-state index contributed by atoms with van der Waals surface area (Å²) in [6.45, 7) is 4.33. The molecule has 0 spiro atoms. The number of thioether (sulfide) groups is 1. The Morgan fingerprint density at radius 1 is 1.29 bits per heavy atom. The standard InChI is InChI=1S/C12H27N3S.HI/c1-5-6-10-15(3)12(13-2)14-9-7-8-11-16-4;/h5-11H2,1-4H3,(H,13,14);1H. The molecule has 0 aromatic rings. The Hall–Kier alpha value is 0.350. The van der Waals surface area contributed by atoms with E-state index in [2.05, 4.69) is 35.4 Å². The van der Waals surface area contributed by atoms with Gasteiger partial charge in [-0.2, -0.15) is 11.8 Å². The van der Waals surface area contributed by atoms with E-state index >= 15 is 0 Å². The molecule has 0 fully saturated rings. The Balaban J connectivity index is 0. The van der Waals surface area contributed by atoms with Gasteiger partial charge in [0, 0.05) is 27.2 Å². The molecule has 0 aliphatic rings. The van der Waals surface area contributed by atoms with E-state index in [0.717, 1.165) is 19.0 Å². The highest BCUT2D eigenvalue weighted by Gasteiger charge is 2.03. The van der Waals surface area contributed by atoms with Gasteiger partial charge in [-0.3, -0.25) is 4.99 Å². The minimum Gasteiger partial charge on any atom is -0.356 e. The Kier molecular flexibility index (Phi) is 16.7. The van der Waals surface area contributed by atoms with E-state index < -0.39 is 0 Å². The summed E-state index contributed by atoms with van der Waals surface area (Å²) in [6, 6.07) is 0. The summed E-state index contributed by atoms with van der Waals surface area (Å²) in [6.07, 6.45) is 7.12. The SMILES string of the molecule is CCCCN(C)C(=NC)NCCCCSC.I. The van der Waals surface area contributed by atoms with Crippen molar-refractivity contribution in [1.29, 1.82) is 0 Å². The van der Waals surface area contributed by atoms with Gasteiger partial charge in [-0.25, -0.2) is 0 Å². The fourth-order valence-corrected chi connectivity index (χ4v) is 1.95. The van der Waals surface area contributed by atoms with Crippen LogP contribution in [0.2, 0.25) is 0 Å². The van der Waals surface area contributed by atoms with E-state index in [1.807, 2.05) is 18.8 Å². The predicted octanol–water partition coefficient (Wildman–Crippen LogP) is 3.05. The van der Waals surface area contributed by atoms with Crippen molar-refractivity contribution in [3.05, 3.63) is 0 Å². The molecule has 3 nitrogen and oxygen atoms in total. The molecular weight excluding hydrogens is 345 g/mol. The monoisotopic (exact) mass is 373 g/mol. The molecule has 0 unspecified atom stereocenters. The van der Waals surface area contributed by atoms with E-state index in [0.29, 0.717) is 0 Å². The van der Waals surface area contributed by atoms with Crippen LogP contribution in [0.3, 0.4) is 0 Å². The summed E-state index contributed by atoms with van der Waals surface area (Å²) in [4.78, 5) is 6.49.